The molecule has 1 aliphatic rings. The molecule has 12 heteroatoms. The van der Waals surface area contributed by atoms with Crippen molar-refractivity contribution in [2.75, 3.05) is 144 Å². The smallest absolute Gasteiger partial charge is 0.0975 e. The zero-order chi connectivity index (χ0) is 27.8. The molecule has 0 amide bonds. The van der Waals surface area contributed by atoms with Crippen molar-refractivity contribution in [3.05, 3.63) is 0 Å². The second-order valence-corrected chi connectivity index (χ2v) is 10.0. The number of nitrogens with zero attached hydrogens (tertiary/aromatic N) is 7. The van der Waals surface area contributed by atoms with Gasteiger partial charge in [0.15, 0.2) is 0 Å². The Bertz CT molecular complexity index is 417. The van der Waals surface area contributed by atoms with E-state index in [0.717, 1.165) is 73.0 Å². The van der Waals surface area contributed by atoms with Gasteiger partial charge >= 0.3 is 0 Å². The first-order chi connectivity index (χ1) is 17.1. The summed E-state index contributed by atoms with van der Waals surface area (Å²) in [5.74, 6) is 0. The van der Waals surface area contributed by atoms with Crippen LogP contribution in [0.15, 0.2) is 0 Å². The Labute approximate surface area is 253 Å². The van der Waals surface area contributed by atoms with Gasteiger partial charge < -0.3 is 20.7 Å². The maximum atomic E-state index is 5.41. The molecule has 252 valence electrons. The quantitative estimate of drug-likeness (QED) is 0.148. The average molecular weight is 586 g/mol. The summed E-state index contributed by atoms with van der Waals surface area (Å²) in [6.45, 7) is 12.4. The molecule has 0 aromatic heterocycles. The maximum Gasteiger partial charge on any atom is 0.0975 e. The SMILES string of the molecule is C.C.C.C.CCCCOCNCN(C)CN(C)CNC.CN1CN(C)CN(C)C1.CNCN(C)CN(C)CNC. The van der Waals surface area contributed by atoms with Crippen LogP contribution >= 0.6 is 0 Å². The number of hydrogen-bond donors (Lipinski definition) is 4. The van der Waals surface area contributed by atoms with E-state index in [1.807, 2.05) is 21.1 Å². The van der Waals surface area contributed by atoms with Crippen LogP contribution in [0.5, 0.6) is 0 Å². The van der Waals surface area contributed by atoms with E-state index in [2.05, 4.69) is 112 Å². The van der Waals surface area contributed by atoms with Crippen LogP contribution in [0, 0.1) is 0 Å². The highest BCUT2D eigenvalue weighted by Crippen LogP contribution is 1.98. The minimum Gasteiger partial charge on any atom is -0.366 e. The van der Waals surface area contributed by atoms with Gasteiger partial charge in [0.25, 0.3) is 0 Å². The summed E-state index contributed by atoms with van der Waals surface area (Å²) in [5.41, 5.74) is 0. The topological polar surface area (TPSA) is 80.0 Å². The third kappa shape index (κ3) is 37.5. The Morgan fingerprint density at radius 1 is 0.600 bits per heavy atom. The van der Waals surface area contributed by atoms with Crippen molar-refractivity contribution in [1.29, 1.82) is 0 Å². The largest absolute Gasteiger partial charge is 0.366 e. The molecular weight excluding hydrogens is 506 g/mol. The van der Waals surface area contributed by atoms with Gasteiger partial charge in [0.05, 0.1) is 46.7 Å². The number of ether oxygens (including phenoxy) is 1. The van der Waals surface area contributed by atoms with Gasteiger partial charge in [-0.05, 0) is 76.9 Å². The Kier molecular flexibility index (Phi) is 47.7. The molecule has 1 rings (SSSR count). The van der Waals surface area contributed by atoms with Crippen molar-refractivity contribution < 1.29 is 4.74 Å². The van der Waals surface area contributed by atoms with Crippen LogP contribution in [0.2, 0.25) is 0 Å². The molecule has 0 spiro atoms. The lowest BCUT2D eigenvalue weighted by Crippen LogP contribution is -2.50. The lowest BCUT2D eigenvalue weighted by atomic mass is 10.4. The summed E-state index contributed by atoms with van der Waals surface area (Å²) in [6, 6.07) is 0. The van der Waals surface area contributed by atoms with E-state index in [4.69, 9.17) is 4.74 Å². The standard InChI is InChI=1S/C11H28N4O.C7H20N4.C6H15N3.4CH4/c1-5-6-7-16-10-13-9-15(4)11-14(3)8-12-2;1-8-5-10(3)7-11(4)6-9-2;1-7-4-8(2)6-9(3)5-7;;;;/h12-13H,5-11H2,1-4H3;8-9H,5-7H2,1-4H3;4-6H2,1-3H3;4*1H4. The van der Waals surface area contributed by atoms with Gasteiger partial charge in [-0.25, -0.2) is 0 Å². The summed E-state index contributed by atoms with van der Waals surface area (Å²) in [6.07, 6.45) is 2.33. The van der Waals surface area contributed by atoms with E-state index in [0.29, 0.717) is 6.73 Å². The van der Waals surface area contributed by atoms with Gasteiger partial charge in [-0.2, -0.15) is 0 Å². The van der Waals surface area contributed by atoms with Crippen LogP contribution in [-0.4, -0.2) is 178 Å². The van der Waals surface area contributed by atoms with Crippen molar-refractivity contribution in [3.8, 4) is 0 Å². The fraction of sp³-hybridized carbons (Fsp3) is 1.00. The highest BCUT2D eigenvalue weighted by Gasteiger charge is 2.13. The molecule has 1 saturated heterocycles. The van der Waals surface area contributed by atoms with Gasteiger partial charge in [-0.15, -0.1) is 0 Å². The van der Waals surface area contributed by atoms with Crippen LogP contribution in [0.25, 0.3) is 0 Å². The Balaban J connectivity index is -0.000000107. The second-order valence-electron chi connectivity index (χ2n) is 10.0. The fourth-order valence-electron chi connectivity index (χ4n) is 3.83. The highest BCUT2D eigenvalue weighted by molar-refractivity contribution is 4.59. The van der Waals surface area contributed by atoms with E-state index in [-0.39, 0.29) is 29.7 Å². The predicted octanol–water partition coefficient (Wildman–Crippen LogP) is 1.68. The number of unbranched alkanes of at least 4 members (excludes halogenated alkanes) is 1. The minimum atomic E-state index is 0. The lowest BCUT2D eigenvalue weighted by Gasteiger charge is -2.36. The zero-order valence-electron chi connectivity index (χ0n) is 25.7. The van der Waals surface area contributed by atoms with Crippen LogP contribution < -0.4 is 21.3 Å². The Morgan fingerprint density at radius 2 is 0.925 bits per heavy atom. The van der Waals surface area contributed by atoms with Gasteiger partial charge in [-0.3, -0.25) is 39.6 Å². The molecule has 0 aromatic carbocycles. The highest BCUT2D eigenvalue weighted by atomic mass is 16.5. The van der Waals surface area contributed by atoms with Gasteiger partial charge in [0.2, 0.25) is 0 Å². The molecule has 40 heavy (non-hydrogen) atoms. The minimum absolute atomic E-state index is 0. The summed E-state index contributed by atoms with van der Waals surface area (Å²) < 4.78 is 5.41. The molecular formula is C28H79N11O. The normalized spacial score (nSPS) is 13.9. The third-order valence-electron chi connectivity index (χ3n) is 4.93. The number of rotatable bonds is 17. The predicted molar refractivity (Wildman–Crippen MR) is 181 cm³/mol. The summed E-state index contributed by atoms with van der Waals surface area (Å²) in [7, 11) is 20.6. The third-order valence-corrected chi connectivity index (χ3v) is 4.93. The van der Waals surface area contributed by atoms with E-state index in [1.165, 1.54) is 6.42 Å². The molecule has 0 atom stereocenters. The van der Waals surface area contributed by atoms with E-state index in [1.54, 1.807) is 0 Å². The van der Waals surface area contributed by atoms with Crippen molar-refractivity contribution in [3.63, 3.8) is 0 Å². The average Bonchev–Trinajstić information content (AvgIpc) is 2.76. The molecule has 0 radical (unpaired) electrons. The fourth-order valence-corrected chi connectivity index (χ4v) is 3.83. The molecule has 1 heterocycles. The first kappa shape index (κ1) is 52.2. The summed E-state index contributed by atoms with van der Waals surface area (Å²) in [4.78, 5) is 15.7. The molecule has 0 unspecified atom stereocenters. The first-order valence-corrected chi connectivity index (χ1v) is 13.1. The molecule has 0 aromatic rings. The van der Waals surface area contributed by atoms with Crippen LogP contribution in [-0.2, 0) is 4.74 Å². The van der Waals surface area contributed by atoms with Gasteiger partial charge in [-0.1, -0.05) is 43.1 Å². The van der Waals surface area contributed by atoms with Crippen LogP contribution in [0.3, 0.4) is 0 Å². The first-order valence-electron chi connectivity index (χ1n) is 13.1. The lowest BCUT2D eigenvalue weighted by molar-refractivity contribution is 0.0149. The Hall–Kier alpha value is -0.480. The van der Waals surface area contributed by atoms with E-state index in [9.17, 15) is 0 Å². The van der Waals surface area contributed by atoms with Crippen molar-refractivity contribution in [1.82, 2.24) is 55.6 Å². The maximum absolute atomic E-state index is 5.41. The van der Waals surface area contributed by atoms with Gasteiger partial charge in [0.1, 0.15) is 0 Å². The molecule has 1 aliphatic heterocycles. The van der Waals surface area contributed by atoms with Crippen LogP contribution in [0.4, 0.5) is 0 Å². The zero-order valence-corrected chi connectivity index (χ0v) is 25.7. The molecule has 4 N–H and O–H groups in total. The van der Waals surface area contributed by atoms with Crippen LogP contribution in [0.1, 0.15) is 49.5 Å². The van der Waals surface area contributed by atoms with Crippen molar-refractivity contribution in [2.24, 2.45) is 0 Å². The summed E-state index contributed by atoms with van der Waals surface area (Å²) >= 11 is 0. The molecule has 1 fully saturated rings. The second kappa shape index (κ2) is 36.5. The molecule has 0 bridgehead atoms. The summed E-state index contributed by atoms with van der Waals surface area (Å²) in [5, 5.41) is 12.6. The molecule has 0 aliphatic carbocycles. The van der Waals surface area contributed by atoms with Crippen molar-refractivity contribution in [2.45, 2.75) is 49.5 Å². The number of hydrogen-bond acceptors (Lipinski definition) is 12. The van der Waals surface area contributed by atoms with E-state index >= 15 is 0 Å². The van der Waals surface area contributed by atoms with Gasteiger partial charge in [0, 0.05) is 26.6 Å². The Morgan fingerprint density at radius 3 is 1.23 bits per heavy atom. The number of nitrogens with one attached hydrogen (secondary N) is 4. The van der Waals surface area contributed by atoms with E-state index < -0.39 is 0 Å². The molecule has 12 nitrogen and oxygen atoms in total. The monoisotopic (exact) mass is 586 g/mol. The molecule has 0 saturated carbocycles. The van der Waals surface area contributed by atoms with Crippen molar-refractivity contribution >= 4 is 0 Å².